The zero-order valence-corrected chi connectivity index (χ0v) is 10.8. The summed E-state index contributed by atoms with van der Waals surface area (Å²) in [7, 11) is 0. The van der Waals surface area contributed by atoms with Crippen LogP contribution in [0, 0.1) is 5.82 Å². The third-order valence-corrected chi connectivity index (χ3v) is 3.17. The van der Waals surface area contributed by atoms with E-state index in [1.54, 1.807) is 36.4 Å². The fourth-order valence-electron chi connectivity index (χ4n) is 2.20. The maximum absolute atomic E-state index is 13.7. The number of oxazole rings is 1. The molecule has 4 nitrogen and oxygen atoms in total. The van der Waals surface area contributed by atoms with E-state index in [0.717, 1.165) is 5.69 Å². The molecule has 20 heavy (non-hydrogen) atoms. The monoisotopic (exact) mass is 272 g/mol. The molecule has 0 aliphatic carbocycles. The molecule has 0 saturated carbocycles. The number of hydrogen-bond acceptors (Lipinski definition) is 3. The molecule has 2 aromatic carbocycles. The number of halogens is 1. The molecular formula is C15H13FN2O2. The van der Waals surface area contributed by atoms with E-state index in [1.165, 1.54) is 6.07 Å². The van der Waals surface area contributed by atoms with Crippen LogP contribution in [-0.2, 0) is 0 Å². The van der Waals surface area contributed by atoms with Gasteiger partial charge in [-0.2, -0.15) is 0 Å². The number of nitrogens with one attached hydrogen (secondary N) is 2. The molecule has 0 radical (unpaired) electrons. The van der Waals surface area contributed by atoms with Crippen molar-refractivity contribution < 1.29 is 8.81 Å². The highest BCUT2D eigenvalue weighted by atomic mass is 19.1. The standard InChI is InChI=1S/C15H13FN2O2/c1-9(11-4-2-3-5-12(11)16)17-10-6-7-14-13(8-10)18-15(19)20-14/h2-9,17H,1H3,(H,18,19). The predicted octanol–water partition coefficient (Wildman–Crippen LogP) is 3.43. The molecule has 2 N–H and O–H groups in total. The van der Waals surface area contributed by atoms with Gasteiger partial charge in [0.1, 0.15) is 5.82 Å². The highest BCUT2D eigenvalue weighted by Gasteiger charge is 2.10. The van der Waals surface area contributed by atoms with Gasteiger partial charge in [0, 0.05) is 11.3 Å². The van der Waals surface area contributed by atoms with Crippen molar-refractivity contribution in [3.63, 3.8) is 0 Å². The van der Waals surface area contributed by atoms with Crippen LogP contribution in [0.5, 0.6) is 0 Å². The molecule has 102 valence electrons. The molecule has 0 aliphatic rings. The van der Waals surface area contributed by atoms with Gasteiger partial charge >= 0.3 is 5.76 Å². The Morgan fingerprint density at radius 1 is 1.25 bits per heavy atom. The van der Waals surface area contributed by atoms with Crippen LogP contribution in [0.2, 0.25) is 0 Å². The van der Waals surface area contributed by atoms with Gasteiger partial charge in [0.05, 0.1) is 11.6 Å². The van der Waals surface area contributed by atoms with Gasteiger partial charge in [0.2, 0.25) is 0 Å². The summed E-state index contributed by atoms with van der Waals surface area (Å²) in [5, 5.41) is 3.20. The van der Waals surface area contributed by atoms with Crippen molar-refractivity contribution in [1.29, 1.82) is 0 Å². The van der Waals surface area contributed by atoms with Gasteiger partial charge in [-0.1, -0.05) is 18.2 Å². The Hall–Kier alpha value is -2.56. The van der Waals surface area contributed by atoms with Crippen molar-refractivity contribution in [2.75, 3.05) is 5.32 Å². The summed E-state index contributed by atoms with van der Waals surface area (Å²) in [5.74, 6) is -0.732. The Bertz CT molecular complexity index is 807. The van der Waals surface area contributed by atoms with Gasteiger partial charge in [-0.15, -0.1) is 0 Å². The number of benzene rings is 2. The molecule has 1 heterocycles. The predicted molar refractivity (Wildman–Crippen MR) is 75.3 cm³/mol. The first kappa shape index (κ1) is 12.5. The molecule has 5 heteroatoms. The smallest absolute Gasteiger partial charge is 0.408 e. The van der Waals surface area contributed by atoms with Gasteiger partial charge < -0.3 is 9.73 Å². The van der Waals surface area contributed by atoms with E-state index in [0.29, 0.717) is 16.7 Å². The van der Waals surface area contributed by atoms with E-state index >= 15 is 0 Å². The molecule has 3 rings (SSSR count). The van der Waals surface area contributed by atoms with Crippen molar-refractivity contribution >= 4 is 16.8 Å². The van der Waals surface area contributed by atoms with Gasteiger partial charge in [0.15, 0.2) is 5.58 Å². The van der Waals surface area contributed by atoms with E-state index < -0.39 is 5.76 Å². The van der Waals surface area contributed by atoms with Crippen molar-refractivity contribution in [2.24, 2.45) is 0 Å². The highest BCUT2D eigenvalue weighted by Crippen LogP contribution is 2.23. The number of fused-ring (bicyclic) bond motifs is 1. The topological polar surface area (TPSA) is 58.0 Å². The van der Waals surface area contributed by atoms with Gasteiger partial charge in [-0.3, -0.25) is 4.98 Å². The molecule has 1 unspecified atom stereocenters. The lowest BCUT2D eigenvalue weighted by molar-refractivity contribution is 0.555. The molecule has 0 bridgehead atoms. The number of H-pyrrole nitrogens is 1. The molecular weight excluding hydrogens is 259 g/mol. The second-order valence-corrected chi connectivity index (χ2v) is 4.61. The normalized spacial score (nSPS) is 12.5. The van der Waals surface area contributed by atoms with Gasteiger partial charge in [-0.25, -0.2) is 9.18 Å². The average molecular weight is 272 g/mol. The van der Waals surface area contributed by atoms with Crippen LogP contribution in [0.25, 0.3) is 11.1 Å². The minimum atomic E-state index is -0.487. The van der Waals surface area contributed by atoms with Crippen molar-refractivity contribution in [3.05, 3.63) is 64.4 Å². The van der Waals surface area contributed by atoms with Crippen LogP contribution in [0.4, 0.5) is 10.1 Å². The molecule has 0 spiro atoms. The number of hydrogen-bond donors (Lipinski definition) is 2. The Labute approximate surface area is 114 Å². The third-order valence-electron chi connectivity index (χ3n) is 3.17. The lowest BCUT2D eigenvalue weighted by Crippen LogP contribution is -2.08. The number of aromatic nitrogens is 1. The summed E-state index contributed by atoms with van der Waals surface area (Å²) in [6.45, 7) is 1.88. The molecule has 0 saturated heterocycles. The number of aromatic amines is 1. The minimum absolute atomic E-state index is 0.188. The Morgan fingerprint density at radius 2 is 2.05 bits per heavy atom. The summed E-state index contributed by atoms with van der Waals surface area (Å²) in [5.41, 5.74) is 2.48. The Balaban J connectivity index is 1.89. The number of rotatable bonds is 3. The number of anilines is 1. The first-order chi connectivity index (χ1) is 9.63. The fraction of sp³-hybridized carbons (Fsp3) is 0.133. The molecule has 0 aliphatic heterocycles. The van der Waals surface area contributed by atoms with Crippen molar-refractivity contribution in [1.82, 2.24) is 4.98 Å². The van der Waals surface area contributed by atoms with Crippen LogP contribution < -0.4 is 11.1 Å². The third kappa shape index (κ3) is 2.30. The summed E-state index contributed by atoms with van der Waals surface area (Å²) >= 11 is 0. The van der Waals surface area contributed by atoms with Crippen LogP contribution in [0.15, 0.2) is 51.7 Å². The molecule has 1 atom stereocenters. The molecule has 1 aromatic heterocycles. The minimum Gasteiger partial charge on any atom is -0.408 e. The zero-order valence-electron chi connectivity index (χ0n) is 10.8. The van der Waals surface area contributed by atoms with Crippen LogP contribution in [-0.4, -0.2) is 4.98 Å². The molecule has 0 fully saturated rings. The zero-order chi connectivity index (χ0) is 14.1. The quantitative estimate of drug-likeness (QED) is 0.768. The van der Waals surface area contributed by atoms with Crippen LogP contribution in [0.1, 0.15) is 18.5 Å². The summed E-state index contributed by atoms with van der Waals surface area (Å²) in [4.78, 5) is 13.7. The lowest BCUT2D eigenvalue weighted by Gasteiger charge is -2.16. The van der Waals surface area contributed by atoms with Crippen molar-refractivity contribution in [3.8, 4) is 0 Å². The summed E-state index contributed by atoms with van der Waals surface area (Å²) in [6, 6.07) is 11.7. The first-order valence-corrected chi connectivity index (χ1v) is 6.27. The second kappa shape index (κ2) is 4.85. The first-order valence-electron chi connectivity index (χ1n) is 6.27. The van der Waals surface area contributed by atoms with E-state index in [4.69, 9.17) is 4.42 Å². The van der Waals surface area contributed by atoms with E-state index in [-0.39, 0.29) is 11.9 Å². The molecule has 0 amide bonds. The van der Waals surface area contributed by atoms with Gasteiger partial charge in [0.25, 0.3) is 0 Å². The van der Waals surface area contributed by atoms with Crippen LogP contribution >= 0.6 is 0 Å². The van der Waals surface area contributed by atoms with Crippen LogP contribution in [0.3, 0.4) is 0 Å². The lowest BCUT2D eigenvalue weighted by atomic mass is 10.1. The highest BCUT2D eigenvalue weighted by molar-refractivity contribution is 5.76. The maximum Gasteiger partial charge on any atom is 0.417 e. The average Bonchev–Trinajstić information content (AvgIpc) is 2.78. The summed E-state index contributed by atoms with van der Waals surface area (Å²) in [6.07, 6.45) is 0. The largest absolute Gasteiger partial charge is 0.417 e. The van der Waals surface area contributed by atoms with Crippen molar-refractivity contribution in [2.45, 2.75) is 13.0 Å². The van der Waals surface area contributed by atoms with E-state index in [1.807, 2.05) is 6.92 Å². The van der Waals surface area contributed by atoms with E-state index in [9.17, 15) is 9.18 Å². The fourth-order valence-corrected chi connectivity index (χ4v) is 2.20. The second-order valence-electron chi connectivity index (χ2n) is 4.61. The molecule has 3 aromatic rings. The summed E-state index contributed by atoms with van der Waals surface area (Å²) < 4.78 is 18.6. The Kier molecular flexibility index (Phi) is 3.02. The SMILES string of the molecule is CC(Nc1ccc2oc(=O)[nH]c2c1)c1ccccc1F. The van der Waals surface area contributed by atoms with Gasteiger partial charge in [-0.05, 0) is 31.2 Å². The Morgan fingerprint density at radius 3 is 2.85 bits per heavy atom. The van der Waals surface area contributed by atoms with E-state index in [2.05, 4.69) is 10.3 Å². The maximum atomic E-state index is 13.7.